The van der Waals surface area contributed by atoms with Gasteiger partial charge < -0.3 is 29.9 Å². The van der Waals surface area contributed by atoms with Gasteiger partial charge in [0.2, 0.25) is 18.1 Å². The van der Waals surface area contributed by atoms with Gasteiger partial charge in [-0.25, -0.2) is 19.2 Å². The molecule has 3 unspecified atom stereocenters. The second-order valence-corrected chi connectivity index (χ2v) is 9.24. The summed E-state index contributed by atoms with van der Waals surface area (Å²) in [5.74, 6) is -5.40. The molecular weight excluding hydrogens is 532 g/mol. The number of hydrogen-bond acceptors (Lipinski definition) is 8. The molecule has 3 atom stereocenters. The molecule has 11 nitrogen and oxygen atoms in total. The Morgan fingerprint density at radius 2 is 1.24 bits per heavy atom. The van der Waals surface area contributed by atoms with E-state index in [0.29, 0.717) is 6.54 Å². The van der Waals surface area contributed by atoms with Crippen molar-refractivity contribution in [2.24, 2.45) is 0 Å². The van der Waals surface area contributed by atoms with Crippen LogP contribution in [0.25, 0.3) is 0 Å². The molecule has 0 saturated carbocycles. The second-order valence-electron chi connectivity index (χ2n) is 9.24. The van der Waals surface area contributed by atoms with E-state index < -0.39 is 36.1 Å². The lowest BCUT2D eigenvalue weighted by atomic mass is 9.91. The number of aliphatic carboxylic acids is 2. The number of piperazine rings is 1. The van der Waals surface area contributed by atoms with Crippen LogP contribution in [0.15, 0.2) is 84.9 Å². The highest BCUT2D eigenvalue weighted by atomic mass is 16.6. The van der Waals surface area contributed by atoms with Crippen LogP contribution in [0, 0.1) is 0 Å². The average molecular weight is 561 g/mol. The molecule has 3 N–H and O–H groups in total. The number of rotatable bonds is 7. The van der Waals surface area contributed by atoms with Crippen LogP contribution < -0.4 is 5.32 Å². The number of benzene rings is 3. The summed E-state index contributed by atoms with van der Waals surface area (Å²) in [5, 5.41) is 21.7. The fourth-order valence-corrected chi connectivity index (χ4v) is 4.59. The van der Waals surface area contributed by atoms with Crippen molar-refractivity contribution in [3.8, 4) is 0 Å². The molecule has 2 aliphatic heterocycles. The SMILES string of the molecule is O=C(OC(C(=O)O)C(OC(=O)c1ccccc1)C(=O)O)c1ccccc1.O=C1CNCC2c3ccccc3CCN12. The van der Waals surface area contributed by atoms with E-state index in [1.165, 1.54) is 59.7 Å². The van der Waals surface area contributed by atoms with Crippen LogP contribution in [-0.4, -0.2) is 76.7 Å². The molecule has 5 rings (SSSR count). The maximum Gasteiger partial charge on any atom is 0.349 e. The fraction of sp³-hybridized carbons (Fsp3) is 0.233. The molecule has 3 aromatic rings. The maximum absolute atomic E-state index is 12.0. The average Bonchev–Trinajstić information content (AvgIpc) is 2.99. The number of carbonyl (C=O) groups excluding carboxylic acids is 3. The quantitative estimate of drug-likeness (QED) is 0.366. The number of nitrogens with zero attached hydrogens (tertiary/aromatic N) is 1. The van der Waals surface area contributed by atoms with Crippen molar-refractivity contribution >= 4 is 29.8 Å². The molecule has 11 heteroatoms. The smallest absolute Gasteiger partial charge is 0.349 e. The minimum absolute atomic E-state index is 0.0253. The lowest BCUT2D eigenvalue weighted by Gasteiger charge is -2.40. The number of ether oxygens (including phenoxy) is 2. The third-order valence-corrected chi connectivity index (χ3v) is 6.60. The Hall–Kier alpha value is -5.03. The summed E-state index contributed by atoms with van der Waals surface area (Å²) in [6, 6.07) is 23.5. The van der Waals surface area contributed by atoms with Crippen molar-refractivity contribution in [3.05, 3.63) is 107 Å². The molecule has 212 valence electrons. The Morgan fingerprint density at radius 1 is 0.756 bits per heavy atom. The van der Waals surface area contributed by atoms with Crippen molar-refractivity contribution in [1.82, 2.24) is 10.2 Å². The summed E-state index contributed by atoms with van der Waals surface area (Å²) in [5.41, 5.74) is 2.77. The molecule has 3 aromatic carbocycles. The monoisotopic (exact) mass is 560 g/mol. The maximum atomic E-state index is 12.0. The standard InChI is InChI=1S/C18H14O8.C12H14N2O/c19-15(20)13(25-17(23)11-7-3-1-4-8-11)14(16(21)22)26-18(24)12-9-5-2-6-10-12;15-12-8-13-7-11-10-4-2-1-3-9(10)5-6-14(11)12/h1-10,13-14H,(H,19,20)(H,21,22);1-4,11,13H,5-8H2. The van der Waals surface area contributed by atoms with Gasteiger partial charge in [-0.05, 0) is 41.8 Å². The third-order valence-electron chi connectivity index (χ3n) is 6.60. The Morgan fingerprint density at radius 3 is 1.76 bits per heavy atom. The van der Waals surface area contributed by atoms with E-state index in [2.05, 4.69) is 29.6 Å². The lowest BCUT2D eigenvalue weighted by Crippen LogP contribution is -2.52. The van der Waals surface area contributed by atoms with E-state index in [0.717, 1.165) is 19.5 Å². The summed E-state index contributed by atoms with van der Waals surface area (Å²) in [6.45, 7) is 2.27. The van der Waals surface area contributed by atoms with Gasteiger partial charge in [-0.15, -0.1) is 0 Å². The highest BCUT2D eigenvalue weighted by molar-refractivity contribution is 5.95. The van der Waals surface area contributed by atoms with Gasteiger partial charge >= 0.3 is 23.9 Å². The van der Waals surface area contributed by atoms with Gasteiger partial charge in [0.15, 0.2) is 0 Å². The first kappa shape index (κ1) is 29.0. The minimum Gasteiger partial charge on any atom is -0.478 e. The van der Waals surface area contributed by atoms with Gasteiger partial charge in [0, 0.05) is 13.1 Å². The first-order valence-electron chi connectivity index (χ1n) is 12.8. The zero-order valence-electron chi connectivity index (χ0n) is 21.8. The minimum atomic E-state index is -2.21. The van der Waals surface area contributed by atoms with Gasteiger partial charge in [0.05, 0.1) is 23.7 Å². The summed E-state index contributed by atoms with van der Waals surface area (Å²) in [4.78, 5) is 60.6. The molecule has 1 amide bonds. The lowest BCUT2D eigenvalue weighted by molar-refractivity contribution is -0.166. The largest absolute Gasteiger partial charge is 0.478 e. The van der Waals surface area contributed by atoms with Crippen LogP contribution in [0.5, 0.6) is 0 Å². The van der Waals surface area contributed by atoms with E-state index in [1.807, 2.05) is 4.90 Å². The summed E-state index contributed by atoms with van der Waals surface area (Å²) in [7, 11) is 0. The van der Waals surface area contributed by atoms with Gasteiger partial charge in [0.1, 0.15) is 0 Å². The molecular formula is C30H28N2O9. The first-order valence-corrected chi connectivity index (χ1v) is 12.8. The zero-order valence-corrected chi connectivity index (χ0v) is 21.8. The molecule has 1 saturated heterocycles. The predicted molar refractivity (Wildman–Crippen MR) is 144 cm³/mol. The van der Waals surface area contributed by atoms with Crippen LogP contribution in [0.3, 0.4) is 0 Å². The van der Waals surface area contributed by atoms with Crippen molar-refractivity contribution in [2.75, 3.05) is 19.6 Å². The highest BCUT2D eigenvalue weighted by Gasteiger charge is 2.41. The van der Waals surface area contributed by atoms with E-state index in [-0.39, 0.29) is 23.1 Å². The summed E-state index contributed by atoms with van der Waals surface area (Å²) >= 11 is 0. The number of carboxylic acid groups (broad SMARTS) is 2. The van der Waals surface area contributed by atoms with Gasteiger partial charge in [0.25, 0.3) is 0 Å². The van der Waals surface area contributed by atoms with Crippen molar-refractivity contribution < 1.29 is 43.7 Å². The molecule has 0 bridgehead atoms. The summed E-state index contributed by atoms with van der Waals surface area (Å²) in [6.07, 6.45) is -3.43. The topological polar surface area (TPSA) is 160 Å². The molecule has 2 aliphatic rings. The number of fused-ring (bicyclic) bond motifs is 3. The van der Waals surface area contributed by atoms with E-state index in [1.54, 1.807) is 12.1 Å². The number of carbonyl (C=O) groups is 5. The normalized spacial score (nSPS) is 16.9. The Kier molecular flexibility index (Phi) is 9.43. The van der Waals surface area contributed by atoms with Crippen molar-refractivity contribution in [3.63, 3.8) is 0 Å². The molecule has 0 radical (unpaired) electrons. The molecule has 2 heterocycles. The van der Waals surface area contributed by atoms with Crippen LogP contribution in [0.1, 0.15) is 37.9 Å². The van der Waals surface area contributed by atoms with Crippen LogP contribution in [0.4, 0.5) is 0 Å². The van der Waals surface area contributed by atoms with Gasteiger partial charge in [-0.3, -0.25) is 4.79 Å². The second kappa shape index (κ2) is 13.4. The number of carboxylic acids is 2. The van der Waals surface area contributed by atoms with Crippen LogP contribution in [-0.2, 0) is 30.3 Å². The number of nitrogens with one attached hydrogen (secondary N) is 1. The molecule has 1 fully saturated rings. The number of esters is 2. The third kappa shape index (κ3) is 7.14. The number of amides is 1. The highest BCUT2D eigenvalue weighted by Crippen LogP contribution is 2.30. The molecule has 41 heavy (non-hydrogen) atoms. The van der Waals surface area contributed by atoms with Crippen molar-refractivity contribution in [2.45, 2.75) is 24.7 Å². The van der Waals surface area contributed by atoms with E-state index in [4.69, 9.17) is 9.47 Å². The fourth-order valence-electron chi connectivity index (χ4n) is 4.59. The van der Waals surface area contributed by atoms with Crippen molar-refractivity contribution in [1.29, 1.82) is 0 Å². The van der Waals surface area contributed by atoms with Crippen LogP contribution >= 0.6 is 0 Å². The molecule has 0 spiro atoms. The van der Waals surface area contributed by atoms with Gasteiger partial charge in [-0.2, -0.15) is 0 Å². The van der Waals surface area contributed by atoms with E-state index >= 15 is 0 Å². The zero-order chi connectivity index (χ0) is 29.4. The Bertz CT molecular complexity index is 1340. The molecule has 0 aliphatic carbocycles. The van der Waals surface area contributed by atoms with Gasteiger partial charge in [-0.1, -0.05) is 60.7 Å². The summed E-state index contributed by atoms with van der Waals surface area (Å²) < 4.78 is 9.52. The predicted octanol–water partition coefficient (Wildman–Crippen LogP) is 2.32. The Balaban J connectivity index is 0.000000216. The van der Waals surface area contributed by atoms with E-state index in [9.17, 15) is 34.2 Å². The first-order chi connectivity index (χ1) is 19.8. The molecule has 0 aromatic heterocycles. The van der Waals surface area contributed by atoms with Crippen LogP contribution in [0.2, 0.25) is 0 Å². The Labute approximate surface area is 235 Å². The number of hydrogen-bond donors (Lipinski definition) is 3.